The number of carboxylic acids is 1. The molecule has 3 aromatic carbocycles. The van der Waals surface area contributed by atoms with Crippen molar-refractivity contribution >= 4 is 45.1 Å². The van der Waals surface area contributed by atoms with Crippen LogP contribution in [0.4, 0.5) is 0 Å². The smallest absolute Gasteiger partial charge is 0.304 e. The normalized spacial score (nSPS) is 23.2. The molecule has 43 heavy (non-hydrogen) atoms. The molecular formula is C33H36Cl2N2O5S. The van der Waals surface area contributed by atoms with Crippen LogP contribution in [0.3, 0.4) is 0 Å². The Hall–Kier alpha value is -2.91. The minimum atomic E-state index is -3.66. The molecule has 2 fully saturated rings. The van der Waals surface area contributed by atoms with E-state index in [1.165, 1.54) is 0 Å². The van der Waals surface area contributed by atoms with Gasteiger partial charge in [0.25, 0.3) is 0 Å². The Bertz CT molecular complexity index is 1560. The van der Waals surface area contributed by atoms with Crippen molar-refractivity contribution in [1.29, 1.82) is 0 Å². The number of likely N-dealkylation sites (tertiary alicyclic amines) is 1. The van der Waals surface area contributed by atoms with Crippen LogP contribution < -0.4 is 4.72 Å². The number of sulfonamides is 1. The van der Waals surface area contributed by atoms with E-state index in [-0.39, 0.29) is 36.5 Å². The molecule has 1 saturated carbocycles. The Morgan fingerprint density at radius 2 is 1.70 bits per heavy atom. The molecule has 0 bridgehead atoms. The van der Waals surface area contributed by atoms with Crippen LogP contribution >= 0.6 is 23.2 Å². The summed E-state index contributed by atoms with van der Waals surface area (Å²) in [4.78, 5) is 28.4. The van der Waals surface area contributed by atoms with E-state index in [4.69, 9.17) is 23.2 Å². The molecule has 1 aliphatic heterocycles. The van der Waals surface area contributed by atoms with Gasteiger partial charge in [-0.2, -0.15) is 0 Å². The predicted molar refractivity (Wildman–Crippen MR) is 169 cm³/mol. The van der Waals surface area contributed by atoms with E-state index in [1.807, 2.05) is 60.7 Å². The fourth-order valence-electron chi connectivity index (χ4n) is 6.40. The summed E-state index contributed by atoms with van der Waals surface area (Å²) in [6.07, 6.45) is 2.03. The highest BCUT2D eigenvalue weighted by Crippen LogP contribution is 2.54. The number of hydrogen-bond donors (Lipinski definition) is 2. The zero-order chi connectivity index (χ0) is 30.8. The molecule has 5 rings (SSSR count). The first-order chi connectivity index (χ1) is 20.5. The Morgan fingerprint density at radius 3 is 2.33 bits per heavy atom. The number of benzene rings is 3. The molecule has 1 saturated heterocycles. The van der Waals surface area contributed by atoms with Crippen LogP contribution in [0.25, 0.3) is 0 Å². The maximum atomic E-state index is 14.5. The van der Waals surface area contributed by atoms with Crippen LogP contribution in [-0.4, -0.2) is 48.6 Å². The van der Waals surface area contributed by atoms with Gasteiger partial charge in [-0.3, -0.25) is 9.59 Å². The summed E-state index contributed by atoms with van der Waals surface area (Å²) in [6.45, 7) is 1.75. The topological polar surface area (TPSA) is 104 Å². The second-order valence-corrected chi connectivity index (χ2v) is 14.8. The minimum Gasteiger partial charge on any atom is -0.481 e. The maximum absolute atomic E-state index is 14.5. The molecule has 228 valence electrons. The molecule has 3 aromatic rings. The number of carbonyl (C=O) groups is 2. The van der Waals surface area contributed by atoms with E-state index in [0.29, 0.717) is 22.9 Å². The van der Waals surface area contributed by atoms with Crippen molar-refractivity contribution in [3.63, 3.8) is 0 Å². The first-order valence-corrected chi connectivity index (χ1v) is 16.9. The molecule has 0 spiro atoms. The van der Waals surface area contributed by atoms with Gasteiger partial charge in [-0.15, -0.1) is 0 Å². The van der Waals surface area contributed by atoms with Crippen molar-refractivity contribution in [1.82, 2.24) is 9.62 Å². The summed E-state index contributed by atoms with van der Waals surface area (Å²) in [5.74, 6) is -1.63. The summed E-state index contributed by atoms with van der Waals surface area (Å²) >= 11 is 12.7. The van der Waals surface area contributed by atoms with Gasteiger partial charge in [0.1, 0.15) is 0 Å². The summed E-state index contributed by atoms with van der Waals surface area (Å²) < 4.78 is 29.2. The van der Waals surface area contributed by atoms with Crippen molar-refractivity contribution in [2.24, 2.45) is 11.3 Å². The molecule has 0 aromatic heterocycles. The number of aryl methyl sites for hydroxylation is 1. The van der Waals surface area contributed by atoms with Gasteiger partial charge >= 0.3 is 5.97 Å². The van der Waals surface area contributed by atoms with Crippen molar-refractivity contribution in [2.45, 2.75) is 57.0 Å². The lowest BCUT2D eigenvalue weighted by molar-refractivity contribution is -0.161. The molecule has 2 N–H and O–H groups in total. The number of nitrogens with one attached hydrogen (secondary N) is 1. The number of rotatable bonds is 12. The van der Waals surface area contributed by atoms with Gasteiger partial charge in [0, 0.05) is 28.5 Å². The number of halogens is 2. The number of carbonyl (C=O) groups excluding carboxylic acids is 1. The summed E-state index contributed by atoms with van der Waals surface area (Å²) in [6, 6.07) is 23.3. The predicted octanol–water partition coefficient (Wildman–Crippen LogP) is 6.47. The standard InChI is InChI=1S/C33H36Cl2N2O5S/c1-33(20-30(38)39)19-28(25-8-5-9-27(35)18-25)31(24-12-14-26(34)15-13-24)37(32(33)40)29(23-10-11-23)21-36-43(41,42)17-16-22-6-3-2-4-7-22/h2-9,12-15,18,23,28-29,31,36H,10-11,16-17,19-21H2,1H3,(H,38,39)/t28-,29?,31-,33-/m1/s1. The fraction of sp³-hybridized carbons (Fsp3) is 0.394. The Labute approximate surface area is 263 Å². The van der Waals surface area contributed by atoms with Gasteiger partial charge < -0.3 is 10.0 Å². The summed E-state index contributed by atoms with van der Waals surface area (Å²) in [5, 5.41) is 11.0. The van der Waals surface area contributed by atoms with E-state index >= 15 is 0 Å². The Morgan fingerprint density at radius 1 is 1.00 bits per heavy atom. The third-order valence-corrected chi connectivity index (χ3v) is 10.5. The van der Waals surface area contributed by atoms with Crippen molar-refractivity contribution < 1.29 is 23.1 Å². The molecule has 2 aliphatic rings. The minimum absolute atomic E-state index is 0.0447. The van der Waals surface area contributed by atoms with E-state index in [0.717, 1.165) is 29.5 Å². The van der Waals surface area contributed by atoms with E-state index in [2.05, 4.69) is 4.72 Å². The fourth-order valence-corrected chi connectivity index (χ4v) is 7.80. The van der Waals surface area contributed by atoms with Gasteiger partial charge in [-0.05, 0) is 72.6 Å². The average Bonchev–Trinajstić information content (AvgIpc) is 3.80. The number of piperidine rings is 1. The molecule has 1 amide bonds. The molecule has 10 heteroatoms. The number of nitrogens with zero attached hydrogens (tertiary/aromatic N) is 1. The second kappa shape index (κ2) is 13.0. The third-order valence-electron chi connectivity index (χ3n) is 8.67. The molecule has 4 atom stereocenters. The van der Waals surface area contributed by atoms with Crippen LogP contribution in [0.15, 0.2) is 78.9 Å². The van der Waals surface area contributed by atoms with Crippen molar-refractivity contribution in [3.05, 3.63) is 106 Å². The quantitative estimate of drug-likeness (QED) is 0.236. The Balaban J connectivity index is 1.53. The lowest BCUT2D eigenvalue weighted by Crippen LogP contribution is -2.59. The van der Waals surface area contributed by atoms with E-state index in [9.17, 15) is 23.1 Å². The summed E-state index contributed by atoms with van der Waals surface area (Å²) in [7, 11) is -3.66. The van der Waals surface area contributed by atoms with Gasteiger partial charge in [0.15, 0.2) is 0 Å². The molecule has 1 aliphatic carbocycles. The monoisotopic (exact) mass is 642 g/mol. The largest absolute Gasteiger partial charge is 0.481 e. The molecular weight excluding hydrogens is 607 g/mol. The highest BCUT2D eigenvalue weighted by molar-refractivity contribution is 7.89. The van der Waals surface area contributed by atoms with Crippen LogP contribution in [0.2, 0.25) is 10.0 Å². The van der Waals surface area contributed by atoms with Crippen LogP contribution in [0.1, 0.15) is 61.3 Å². The number of aliphatic carboxylic acids is 1. The van der Waals surface area contributed by atoms with E-state index in [1.54, 1.807) is 30.0 Å². The lowest BCUT2D eigenvalue weighted by atomic mass is 9.67. The number of carboxylic acid groups (broad SMARTS) is 1. The molecule has 1 heterocycles. The zero-order valence-electron chi connectivity index (χ0n) is 24.0. The number of hydrogen-bond acceptors (Lipinski definition) is 4. The lowest BCUT2D eigenvalue weighted by Gasteiger charge is -2.52. The van der Waals surface area contributed by atoms with Gasteiger partial charge in [-0.1, -0.05) is 84.7 Å². The highest BCUT2D eigenvalue weighted by atomic mass is 35.5. The highest BCUT2D eigenvalue weighted by Gasteiger charge is 2.54. The SMILES string of the molecule is C[C@]1(CC(=O)O)C[C@H](c2cccc(Cl)c2)[C@@H](c2ccc(Cl)cc2)N(C(CNS(=O)(=O)CCc2ccccc2)C2CC2)C1=O. The van der Waals surface area contributed by atoms with Crippen molar-refractivity contribution in [3.8, 4) is 0 Å². The number of amides is 1. The third kappa shape index (κ3) is 7.60. The summed E-state index contributed by atoms with van der Waals surface area (Å²) in [5.41, 5.74) is 1.45. The Kier molecular flexibility index (Phi) is 9.52. The van der Waals surface area contributed by atoms with Crippen LogP contribution in [-0.2, 0) is 26.0 Å². The first kappa shape index (κ1) is 31.5. The molecule has 1 unspecified atom stereocenters. The van der Waals surface area contributed by atoms with Gasteiger partial charge in [0.2, 0.25) is 15.9 Å². The van der Waals surface area contributed by atoms with Crippen LogP contribution in [0, 0.1) is 11.3 Å². The molecule has 7 nitrogen and oxygen atoms in total. The second-order valence-electron chi connectivity index (χ2n) is 12.0. The van der Waals surface area contributed by atoms with Crippen molar-refractivity contribution in [2.75, 3.05) is 12.3 Å². The first-order valence-electron chi connectivity index (χ1n) is 14.5. The van der Waals surface area contributed by atoms with E-state index < -0.39 is 33.5 Å². The van der Waals surface area contributed by atoms with Gasteiger partial charge in [-0.25, -0.2) is 13.1 Å². The maximum Gasteiger partial charge on any atom is 0.304 e. The van der Waals surface area contributed by atoms with Gasteiger partial charge in [0.05, 0.1) is 23.6 Å². The zero-order valence-corrected chi connectivity index (χ0v) is 26.3. The van der Waals surface area contributed by atoms with Crippen LogP contribution in [0.5, 0.6) is 0 Å². The average molecular weight is 644 g/mol. The molecule has 0 radical (unpaired) electrons.